The minimum Gasteiger partial charge on any atom is -0.325 e. The average Bonchev–Trinajstić information content (AvgIpc) is 2.80. The molecule has 5 nitrogen and oxygen atoms in total. The van der Waals surface area contributed by atoms with Crippen molar-refractivity contribution in [2.75, 3.05) is 5.32 Å². The Morgan fingerprint density at radius 3 is 2.52 bits per heavy atom. The Balaban J connectivity index is 1.48. The van der Waals surface area contributed by atoms with Crippen molar-refractivity contribution < 1.29 is 14.4 Å². The molecular formula is C19H19ClN2O3. The van der Waals surface area contributed by atoms with E-state index < -0.39 is 17.2 Å². The first kappa shape index (κ1) is 15.4. The maximum absolute atomic E-state index is 13.2. The van der Waals surface area contributed by atoms with Crippen molar-refractivity contribution in [3.05, 3.63) is 29.3 Å². The maximum Gasteiger partial charge on any atom is 0.261 e. The smallest absolute Gasteiger partial charge is 0.261 e. The van der Waals surface area contributed by atoms with Gasteiger partial charge in [0.1, 0.15) is 0 Å². The number of anilines is 1. The monoisotopic (exact) mass is 358 g/mol. The highest BCUT2D eigenvalue weighted by molar-refractivity contribution is 6.25. The number of hydrogen-bond donors (Lipinski definition) is 2. The molecule has 5 aliphatic rings. The lowest BCUT2D eigenvalue weighted by Crippen LogP contribution is -2.57. The zero-order valence-corrected chi connectivity index (χ0v) is 14.5. The second-order valence-electron chi connectivity index (χ2n) is 8.36. The summed E-state index contributed by atoms with van der Waals surface area (Å²) in [5.41, 5.74) is 0.576. The second-order valence-corrected chi connectivity index (χ2v) is 9.16. The van der Waals surface area contributed by atoms with E-state index in [1.54, 1.807) is 18.2 Å². The van der Waals surface area contributed by atoms with Crippen LogP contribution in [0.2, 0.25) is 0 Å². The summed E-state index contributed by atoms with van der Waals surface area (Å²) in [4.78, 5) is 36.9. The van der Waals surface area contributed by atoms with Crippen LogP contribution in [0.5, 0.6) is 0 Å². The number of halogens is 1. The van der Waals surface area contributed by atoms with Crippen LogP contribution in [0.15, 0.2) is 18.2 Å². The molecule has 6 heteroatoms. The summed E-state index contributed by atoms with van der Waals surface area (Å²) in [7, 11) is 0. The number of alkyl halides is 1. The molecule has 2 N–H and O–H groups in total. The molecule has 0 saturated heterocycles. The predicted octanol–water partition coefficient (Wildman–Crippen LogP) is 3.09. The van der Waals surface area contributed by atoms with Crippen LogP contribution >= 0.6 is 11.6 Å². The highest BCUT2D eigenvalue weighted by Gasteiger charge is 2.60. The lowest BCUT2D eigenvalue weighted by Gasteiger charge is -2.59. The van der Waals surface area contributed by atoms with E-state index in [-0.39, 0.29) is 16.3 Å². The molecule has 25 heavy (non-hydrogen) atoms. The first-order chi connectivity index (χ1) is 11.9. The molecule has 1 aromatic rings. The molecule has 4 fully saturated rings. The van der Waals surface area contributed by atoms with Gasteiger partial charge in [-0.05, 0) is 62.5 Å². The summed E-state index contributed by atoms with van der Waals surface area (Å²) in [6, 6.07) is 4.98. The van der Waals surface area contributed by atoms with Crippen LogP contribution in [0.3, 0.4) is 0 Å². The first-order valence-electron chi connectivity index (χ1n) is 8.87. The van der Waals surface area contributed by atoms with Gasteiger partial charge in [0.15, 0.2) is 0 Å². The Morgan fingerprint density at radius 1 is 1.12 bits per heavy atom. The van der Waals surface area contributed by atoms with Gasteiger partial charge in [0.05, 0.1) is 22.2 Å². The zero-order valence-electron chi connectivity index (χ0n) is 13.7. The number of carbonyl (C=O) groups is 3. The standard InChI is InChI=1S/C19H19ClN2O3/c20-19-7-10-4-11(8-19)6-18(5-10,9-19)17(25)21-13-3-1-2-12-14(13)16(24)22-15(12)23/h1-3,10-11H,4-9H2,(H,21,25)(H,22,23,24). The van der Waals surface area contributed by atoms with Crippen molar-refractivity contribution in [1.82, 2.24) is 5.32 Å². The molecule has 1 heterocycles. The normalized spacial score (nSPS) is 37.8. The number of rotatable bonds is 2. The predicted molar refractivity (Wildman–Crippen MR) is 92.6 cm³/mol. The third kappa shape index (κ3) is 2.18. The van der Waals surface area contributed by atoms with Crippen molar-refractivity contribution >= 4 is 35.0 Å². The lowest BCUT2D eigenvalue weighted by molar-refractivity contribution is -0.138. The van der Waals surface area contributed by atoms with Crippen LogP contribution in [0.25, 0.3) is 0 Å². The molecule has 6 rings (SSSR count). The van der Waals surface area contributed by atoms with E-state index in [9.17, 15) is 14.4 Å². The van der Waals surface area contributed by atoms with E-state index in [1.807, 2.05) is 0 Å². The maximum atomic E-state index is 13.2. The molecule has 1 aliphatic heterocycles. The molecule has 1 aromatic carbocycles. The van der Waals surface area contributed by atoms with Gasteiger partial charge in [-0.25, -0.2) is 0 Å². The summed E-state index contributed by atoms with van der Waals surface area (Å²) in [6.07, 6.45) is 5.67. The number of imide groups is 1. The van der Waals surface area contributed by atoms with Crippen LogP contribution in [0, 0.1) is 17.3 Å². The molecule has 4 aliphatic carbocycles. The van der Waals surface area contributed by atoms with Gasteiger partial charge in [0.2, 0.25) is 5.91 Å². The van der Waals surface area contributed by atoms with Crippen molar-refractivity contribution in [1.29, 1.82) is 0 Å². The first-order valence-corrected chi connectivity index (χ1v) is 9.24. The van der Waals surface area contributed by atoms with Crippen LogP contribution in [-0.2, 0) is 4.79 Å². The van der Waals surface area contributed by atoms with E-state index in [1.165, 1.54) is 6.42 Å². The zero-order chi connectivity index (χ0) is 17.4. The van der Waals surface area contributed by atoms with Crippen LogP contribution in [0.4, 0.5) is 5.69 Å². The number of amides is 3. The van der Waals surface area contributed by atoms with Crippen molar-refractivity contribution in [3.63, 3.8) is 0 Å². The summed E-state index contributed by atoms with van der Waals surface area (Å²) >= 11 is 6.81. The quantitative estimate of drug-likeness (QED) is 0.630. The van der Waals surface area contributed by atoms with E-state index in [2.05, 4.69) is 10.6 Å². The fourth-order valence-electron chi connectivity index (χ4n) is 5.99. The van der Waals surface area contributed by atoms with Gasteiger partial charge >= 0.3 is 0 Å². The molecule has 2 unspecified atom stereocenters. The molecule has 4 bridgehead atoms. The van der Waals surface area contributed by atoms with Gasteiger partial charge in [0.25, 0.3) is 11.8 Å². The van der Waals surface area contributed by atoms with Gasteiger partial charge in [-0.2, -0.15) is 0 Å². The molecule has 0 spiro atoms. The largest absolute Gasteiger partial charge is 0.325 e. The lowest BCUT2D eigenvalue weighted by atomic mass is 9.49. The number of nitrogens with one attached hydrogen (secondary N) is 2. The van der Waals surface area contributed by atoms with Crippen LogP contribution in [-0.4, -0.2) is 22.6 Å². The molecule has 3 amide bonds. The Morgan fingerprint density at radius 2 is 1.84 bits per heavy atom. The number of carbonyl (C=O) groups excluding carboxylic acids is 3. The topological polar surface area (TPSA) is 75.3 Å². The minimum atomic E-state index is -0.449. The van der Waals surface area contributed by atoms with Crippen molar-refractivity contribution in [3.8, 4) is 0 Å². The van der Waals surface area contributed by atoms with Crippen LogP contribution in [0.1, 0.15) is 59.2 Å². The third-order valence-corrected chi connectivity index (χ3v) is 6.93. The van der Waals surface area contributed by atoms with Crippen LogP contribution < -0.4 is 10.6 Å². The molecule has 4 saturated carbocycles. The van der Waals surface area contributed by atoms with Gasteiger partial charge in [-0.15, -0.1) is 11.6 Å². The molecular weight excluding hydrogens is 340 g/mol. The van der Waals surface area contributed by atoms with E-state index in [0.29, 0.717) is 29.5 Å². The van der Waals surface area contributed by atoms with E-state index in [0.717, 1.165) is 25.7 Å². The van der Waals surface area contributed by atoms with Crippen molar-refractivity contribution in [2.24, 2.45) is 17.3 Å². The van der Waals surface area contributed by atoms with Gasteiger partial charge < -0.3 is 5.32 Å². The molecule has 0 aromatic heterocycles. The van der Waals surface area contributed by atoms with E-state index in [4.69, 9.17) is 11.6 Å². The second kappa shape index (κ2) is 4.85. The molecule has 0 radical (unpaired) electrons. The number of benzene rings is 1. The Hall–Kier alpha value is -1.88. The van der Waals surface area contributed by atoms with Crippen molar-refractivity contribution in [2.45, 2.75) is 43.4 Å². The number of fused-ring (bicyclic) bond motifs is 1. The highest BCUT2D eigenvalue weighted by Crippen LogP contribution is 2.64. The Kier molecular flexibility index (Phi) is 2.98. The SMILES string of the molecule is O=C1NC(=O)c2c(NC(=O)C34CC5CC(CC(Cl)(C5)C3)C4)cccc21. The van der Waals surface area contributed by atoms with Gasteiger partial charge in [-0.1, -0.05) is 6.07 Å². The van der Waals surface area contributed by atoms with Gasteiger partial charge in [0, 0.05) is 4.87 Å². The third-order valence-electron chi connectivity index (χ3n) is 6.48. The highest BCUT2D eigenvalue weighted by atomic mass is 35.5. The molecule has 130 valence electrons. The summed E-state index contributed by atoms with van der Waals surface area (Å²) in [5.74, 6) is 0.139. The Bertz CT molecular complexity index is 820. The summed E-state index contributed by atoms with van der Waals surface area (Å²) in [6.45, 7) is 0. The fourth-order valence-corrected chi connectivity index (χ4v) is 6.69. The summed E-state index contributed by atoms with van der Waals surface area (Å²) < 4.78 is 0. The molecule has 2 atom stereocenters. The number of hydrogen-bond acceptors (Lipinski definition) is 3. The minimum absolute atomic E-state index is 0.0489. The van der Waals surface area contributed by atoms with E-state index >= 15 is 0 Å². The Labute approximate surface area is 150 Å². The fraction of sp³-hybridized carbons (Fsp3) is 0.526. The average molecular weight is 359 g/mol. The summed E-state index contributed by atoms with van der Waals surface area (Å²) in [5, 5.41) is 5.24. The van der Waals surface area contributed by atoms with Gasteiger partial charge in [-0.3, -0.25) is 19.7 Å².